The van der Waals surface area contributed by atoms with Gasteiger partial charge in [0.05, 0.1) is 11.2 Å². The molecule has 0 saturated heterocycles. The van der Waals surface area contributed by atoms with Crippen molar-refractivity contribution >= 4 is 21.7 Å². The number of nitrogens with zero attached hydrogens (tertiary/aromatic N) is 5. The summed E-state index contributed by atoms with van der Waals surface area (Å²) in [6.07, 6.45) is 3.47. The normalized spacial score (nSPS) is 13.3. The zero-order valence-electron chi connectivity index (χ0n) is 22.7. The minimum Gasteiger partial charge on any atom is -0.573 e. The van der Waals surface area contributed by atoms with Gasteiger partial charge >= 0.3 is 0 Å². The number of hydrogen-bond acceptors (Lipinski definition) is 4. The SMILES string of the molecule is CC(C)(C)c1cc(-c2ncnc3ccccc23)[n-]n1.CC1(C)c2ccc[c-]c2-c2nccc3cccc1c23.[Ir]. The Bertz CT molecular complexity index is 1790. The number of benzene rings is 3. The Kier molecular flexibility index (Phi) is 6.96. The van der Waals surface area contributed by atoms with E-state index in [1.165, 1.54) is 21.9 Å². The van der Waals surface area contributed by atoms with Crippen LogP contribution in [0, 0.1) is 6.07 Å². The van der Waals surface area contributed by atoms with E-state index in [0.29, 0.717) is 0 Å². The Morgan fingerprint density at radius 2 is 1.62 bits per heavy atom. The van der Waals surface area contributed by atoms with E-state index in [2.05, 4.69) is 102 Å². The van der Waals surface area contributed by atoms with Crippen LogP contribution in [0.3, 0.4) is 0 Å². The van der Waals surface area contributed by atoms with E-state index in [9.17, 15) is 0 Å². The van der Waals surface area contributed by atoms with Gasteiger partial charge in [0.1, 0.15) is 6.33 Å². The zero-order chi connectivity index (χ0) is 26.5. The summed E-state index contributed by atoms with van der Waals surface area (Å²) in [5, 5.41) is 12.1. The molecule has 5 nitrogen and oxygen atoms in total. The van der Waals surface area contributed by atoms with E-state index in [4.69, 9.17) is 0 Å². The predicted octanol–water partition coefficient (Wildman–Crippen LogP) is 7.29. The third-order valence-corrected chi connectivity index (χ3v) is 7.32. The van der Waals surface area contributed by atoms with Crippen molar-refractivity contribution < 1.29 is 20.1 Å². The van der Waals surface area contributed by atoms with E-state index in [1.807, 2.05) is 42.6 Å². The first-order valence-corrected chi connectivity index (χ1v) is 12.9. The summed E-state index contributed by atoms with van der Waals surface area (Å²) >= 11 is 0. The number of hydrogen-bond donors (Lipinski definition) is 0. The molecule has 0 amide bonds. The van der Waals surface area contributed by atoms with Crippen LogP contribution in [0.1, 0.15) is 51.4 Å². The molecule has 0 unspecified atom stereocenters. The number of pyridine rings is 1. The molecule has 0 fully saturated rings. The number of rotatable bonds is 1. The molecule has 197 valence electrons. The summed E-state index contributed by atoms with van der Waals surface area (Å²) in [6, 6.07) is 28.2. The molecule has 0 atom stereocenters. The maximum absolute atomic E-state index is 4.61. The molecule has 0 spiro atoms. The first-order chi connectivity index (χ1) is 18.2. The standard InChI is InChI=1S/C18H14N.C15H15N4.Ir/c1-18(2)14-8-4-3-7-13(14)17-16-12(10-11-19-17)6-5-9-15(16)18;1-15(2,3)13-8-12(18-19-13)14-10-6-4-5-7-11(10)16-9-17-14;/h3-6,8-11H,1-2H3;4-9H,1-3H3;/q2*-1;. The molecular weight excluding hydrogens is 659 g/mol. The van der Waals surface area contributed by atoms with Gasteiger partial charge in [-0.2, -0.15) is 0 Å². The van der Waals surface area contributed by atoms with Crippen molar-refractivity contribution in [3.8, 4) is 22.6 Å². The van der Waals surface area contributed by atoms with Crippen LogP contribution in [0.5, 0.6) is 0 Å². The van der Waals surface area contributed by atoms with Gasteiger partial charge in [0.15, 0.2) is 0 Å². The maximum atomic E-state index is 4.61. The van der Waals surface area contributed by atoms with Crippen LogP contribution in [0.25, 0.3) is 44.3 Å². The largest absolute Gasteiger partial charge is 0.573 e. The van der Waals surface area contributed by atoms with Gasteiger partial charge in [-0.25, -0.2) is 9.97 Å². The zero-order valence-corrected chi connectivity index (χ0v) is 25.0. The van der Waals surface area contributed by atoms with Crippen molar-refractivity contribution in [2.45, 2.75) is 45.4 Å². The van der Waals surface area contributed by atoms with Gasteiger partial charge in [0.2, 0.25) is 0 Å². The van der Waals surface area contributed by atoms with E-state index < -0.39 is 0 Å². The molecular formula is C33H29IrN5-2. The summed E-state index contributed by atoms with van der Waals surface area (Å²) < 4.78 is 0. The average molecular weight is 688 g/mol. The van der Waals surface area contributed by atoms with Crippen molar-refractivity contribution in [1.82, 2.24) is 25.1 Å². The fourth-order valence-corrected chi connectivity index (χ4v) is 5.23. The van der Waals surface area contributed by atoms with E-state index in [-0.39, 0.29) is 30.9 Å². The quantitative estimate of drug-likeness (QED) is 0.170. The van der Waals surface area contributed by atoms with Crippen LogP contribution in [-0.2, 0) is 30.9 Å². The van der Waals surface area contributed by atoms with Crippen molar-refractivity contribution in [1.29, 1.82) is 0 Å². The Hall–Kier alpha value is -3.73. The summed E-state index contributed by atoms with van der Waals surface area (Å²) in [4.78, 5) is 13.2. The Balaban J connectivity index is 0.000000154. The smallest absolute Gasteiger partial charge is 0.116 e. The van der Waals surface area contributed by atoms with Crippen LogP contribution in [0.2, 0.25) is 0 Å². The van der Waals surface area contributed by atoms with E-state index >= 15 is 0 Å². The Labute approximate surface area is 242 Å². The molecule has 3 aromatic heterocycles. The van der Waals surface area contributed by atoms with Crippen LogP contribution in [0.15, 0.2) is 85.3 Å². The van der Waals surface area contributed by atoms with Crippen LogP contribution < -0.4 is 5.10 Å². The Morgan fingerprint density at radius 1 is 0.821 bits per heavy atom. The second-order valence-corrected chi connectivity index (χ2v) is 11.3. The van der Waals surface area contributed by atoms with Gasteiger partial charge in [0, 0.05) is 42.8 Å². The molecule has 1 aliphatic rings. The fraction of sp³-hybridized carbons (Fsp3) is 0.212. The second-order valence-electron chi connectivity index (χ2n) is 11.3. The van der Waals surface area contributed by atoms with Gasteiger partial charge in [-0.1, -0.05) is 82.8 Å². The summed E-state index contributed by atoms with van der Waals surface area (Å²) in [5.74, 6) is 0. The molecule has 0 N–H and O–H groups in total. The molecule has 6 heteroatoms. The molecule has 0 bridgehead atoms. The molecule has 39 heavy (non-hydrogen) atoms. The second kappa shape index (κ2) is 10.1. The molecule has 1 aliphatic carbocycles. The third-order valence-electron chi connectivity index (χ3n) is 7.32. The first kappa shape index (κ1) is 26.9. The Morgan fingerprint density at radius 3 is 2.41 bits per heavy atom. The van der Waals surface area contributed by atoms with Gasteiger partial charge in [-0.3, -0.25) is 0 Å². The molecule has 3 aromatic carbocycles. The predicted molar refractivity (Wildman–Crippen MR) is 153 cm³/mol. The summed E-state index contributed by atoms with van der Waals surface area (Å²) in [7, 11) is 0. The van der Waals surface area contributed by atoms with E-state index in [1.54, 1.807) is 6.33 Å². The maximum Gasteiger partial charge on any atom is 0.116 e. The monoisotopic (exact) mass is 688 g/mol. The molecule has 0 aliphatic heterocycles. The van der Waals surface area contributed by atoms with Crippen molar-refractivity contribution in [3.05, 3.63) is 108 Å². The molecule has 6 aromatic rings. The van der Waals surface area contributed by atoms with Crippen molar-refractivity contribution in [3.63, 3.8) is 0 Å². The van der Waals surface area contributed by atoms with Gasteiger partial charge in [-0.05, 0) is 39.6 Å². The van der Waals surface area contributed by atoms with Gasteiger partial charge < -0.3 is 15.2 Å². The number of aromatic nitrogens is 5. The van der Waals surface area contributed by atoms with Crippen LogP contribution in [-0.4, -0.2) is 20.1 Å². The third kappa shape index (κ3) is 4.69. The first-order valence-electron chi connectivity index (χ1n) is 12.9. The molecule has 7 rings (SSSR count). The van der Waals surface area contributed by atoms with Crippen molar-refractivity contribution in [2.75, 3.05) is 0 Å². The van der Waals surface area contributed by atoms with E-state index in [0.717, 1.165) is 39.2 Å². The van der Waals surface area contributed by atoms with Crippen LogP contribution in [0.4, 0.5) is 0 Å². The minimum absolute atomic E-state index is 0. The fourth-order valence-electron chi connectivity index (χ4n) is 5.23. The molecule has 0 saturated carbocycles. The summed E-state index contributed by atoms with van der Waals surface area (Å²) in [6.45, 7) is 10.9. The minimum atomic E-state index is -0.00587. The topological polar surface area (TPSA) is 65.7 Å². The van der Waals surface area contributed by atoms with Crippen LogP contribution >= 0.6 is 0 Å². The average Bonchev–Trinajstić information content (AvgIpc) is 3.43. The van der Waals surface area contributed by atoms with Gasteiger partial charge in [-0.15, -0.1) is 35.4 Å². The molecule has 3 heterocycles. The molecule has 1 radical (unpaired) electrons. The van der Waals surface area contributed by atoms with Gasteiger partial charge in [0.25, 0.3) is 0 Å². The summed E-state index contributed by atoms with van der Waals surface area (Å²) in [5.41, 5.74) is 8.44. The van der Waals surface area contributed by atoms with Crippen molar-refractivity contribution in [2.24, 2.45) is 0 Å². The number of para-hydroxylation sites is 1. The number of fused-ring (bicyclic) bond motifs is 3.